The van der Waals surface area contributed by atoms with Gasteiger partial charge in [0, 0.05) is 32.7 Å². The smallest absolute Gasteiger partial charge is 0.239 e. The number of halogens is 1. The summed E-state index contributed by atoms with van der Waals surface area (Å²) >= 11 is 0. The summed E-state index contributed by atoms with van der Waals surface area (Å²) in [4.78, 5) is 19.3. The van der Waals surface area contributed by atoms with Crippen molar-refractivity contribution in [2.75, 3.05) is 52.9 Å². The van der Waals surface area contributed by atoms with Gasteiger partial charge in [-0.25, -0.2) is 4.39 Å². The lowest BCUT2D eigenvalue weighted by Crippen LogP contribution is -2.55. The van der Waals surface area contributed by atoms with Crippen LogP contribution in [-0.2, 0) is 9.53 Å². The Kier molecular flexibility index (Phi) is 5.48. The summed E-state index contributed by atoms with van der Waals surface area (Å²) in [6, 6.07) is 6.32. The highest BCUT2D eigenvalue weighted by atomic mass is 19.1. The van der Waals surface area contributed by atoms with Crippen LogP contribution in [0.25, 0.3) is 0 Å². The van der Waals surface area contributed by atoms with Crippen molar-refractivity contribution in [3.63, 3.8) is 0 Å². The second-order valence-corrected chi connectivity index (χ2v) is 6.71. The van der Waals surface area contributed by atoms with E-state index in [0.29, 0.717) is 19.7 Å². The molecule has 2 unspecified atom stereocenters. The third-order valence-electron chi connectivity index (χ3n) is 5.04. The SMILES string of the molecule is CC(C(=O)N1CCOC(c2cccc(F)c2)C1)N1CCN(C)CC1. The Morgan fingerprint density at radius 2 is 2.00 bits per heavy atom. The average molecular weight is 335 g/mol. The van der Waals surface area contributed by atoms with Crippen LogP contribution in [0.5, 0.6) is 0 Å². The molecule has 2 atom stereocenters. The molecule has 0 aromatic heterocycles. The third kappa shape index (κ3) is 3.94. The van der Waals surface area contributed by atoms with Crippen LogP contribution in [0.3, 0.4) is 0 Å². The average Bonchev–Trinajstić information content (AvgIpc) is 2.61. The van der Waals surface area contributed by atoms with Gasteiger partial charge in [0.15, 0.2) is 0 Å². The zero-order chi connectivity index (χ0) is 17.1. The molecule has 5 nitrogen and oxygen atoms in total. The molecule has 0 saturated carbocycles. The molecule has 1 aromatic rings. The number of hydrogen-bond donors (Lipinski definition) is 0. The number of nitrogens with zero attached hydrogens (tertiary/aromatic N) is 3. The van der Waals surface area contributed by atoms with E-state index in [1.54, 1.807) is 6.07 Å². The van der Waals surface area contributed by atoms with Crippen LogP contribution in [0.15, 0.2) is 24.3 Å². The topological polar surface area (TPSA) is 36.0 Å². The van der Waals surface area contributed by atoms with E-state index in [9.17, 15) is 9.18 Å². The number of likely N-dealkylation sites (N-methyl/N-ethyl adjacent to an activating group) is 1. The molecule has 2 aliphatic rings. The van der Waals surface area contributed by atoms with E-state index in [2.05, 4.69) is 16.8 Å². The van der Waals surface area contributed by atoms with Crippen molar-refractivity contribution >= 4 is 5.91 Å². The van der Waals surface area contributed by atoms with Gasteiger partial charge in [0.05, 0.1) is 19.2 Å². The molecule has 2 saturated heterocycles. The predicted octanol–water partition coefficient (Wildman–Crippen LogP) is 1.36. The molecule has 3 rings (SSSR count). The van der Waals surface area contributed by atoms with Crippen molar-refractivity contribution in [2.24, 2.45) is 0 Å². The van der Waals surface area contributed by atoms with Crippen LogP contribution in [0.2, 0.25) is 0 Å². The molecule has 0 radical (unpaired) electrons. The molecule has 24 heavy (non-hydrogen) atoms. The van der Waals surface area contributed by atoms with E-state index < -0.39 is 0 Å². The number of amides is 1. The quantitative estimate of drug-likeness (QED) is 0.836. The van der Waals surface area contributed by atoms with Gasteiger partial charge in [-0.05, 0) is 31.7 Å². The Morgan fingerprint density at radius 1 is 1.25 bits per heavy atom. The second-order valence-electron chi connectivity index (χ2n) is 6.71. The number of rotatable bonds is 3. The molecule has 0 spiro atoms. The van der Waals surface area contributed by atoms with Gasteiger partial charge < -0.3 is 14.5 Å². The van der Waals surface area contributed by atoms with E-state index >= 15 is 0 Å². The van der Waals surface area contributed by atoms with Crippen LogP contribution in [-0.4, -0.2) is 79.6 Å². The lowest BCUT2D eigenvalue weighted by atomic mass is 10.1. The molecule has 1 amide bonds. The van der Waals surface area contributed by atoms with E-state index in [0.717, 1.165) is 31.7 Å². The maximum absolute atomic E-state index is 13.4. The van der Waals surface area contributed by atoms with Crippen molar-refractivity contribution in [1.29, 1.82) is 0 Å². The minimum absolute atomic E-state index is 0.120. The summed E-state index contributed by atoms with van der Waals surface area (Å²) in [5.74, 6) is -0.130. The number of morpholine rings is 1. The van der Waals surface area contributed by atoms with Gasteiger partial charge in [0.2, 0.25) is 5.91 Å². The first-order chi connectivity index (χ1) is 11.5. The van der Waals surface area contributed by atoms with Gasteiger partial charge in [-0.1, -0.05) is 12.1 Å². The normalized spacial score (nSPS) is 24.8. The molecule has 1 aromatic carbocycles. The summed E-state index contributed by atoms with van der Waals surface area (Å²) in [7, 11) is 2.11. The Labute approximate surface area is 143 Å². The molecular weight excluding hydrogens is 309 g/mol. The van der Waals surface area contributed by atoms with Gasteiger partial charge in [-0.15, -0.1) is 0 Å². The standard InChI is InChI=1S/C18H26FN3O2/c1-14(21-8-6-20(2)7-9-21)18(23)22-10-11-24-17(13-22)15-4-3-5-16(19)12-15/h3-5,12,14,17H,6-11,13H2,1-2H3. The molecule has 0 N–H and O–H groups in total. The van der Waals surface area contributed by atoms with Crippen LogP contribution >= 0.6 is 0 Å². The molecule has 0 bridgehead atoms. The van der Waals surface area contributed by atoms with Crippen LogP contribution in [0.1, 0.15) is 18.6 Å². The van der Waals surface area contributed by atoms with Gasteiger partial charge in [0.1, 0.15) is 11.9 Å². The Morgan fingerprint density at radius 3 is 2.71 bits per heavy atom. The number of carbonyl (C=O) groups is 1. The minimum atomic E-state index is -0.273. The maximum atomic E-state index is 13.4. The molecule has 2 aliphatic heterocycles. The number of hydrogen-bond acceptors (Lipinski definition) is 4. The van der Waals surface area contributed by atoms with E-state index in [4.69, 9.17) is 4.74 Å². The van der Waals surface area contributed by atoms with Gasteiger partial charge in [-0.2, -0.15) is 0 Å². The first kappa shape index (κ1) is 17.3. The Hall–Kier alpha value is -1.50. The van der Waals surface area contributed by atoms with Crippen molar-refractivity contribution in [2.45, 2.75) is 19.1 Å². The van der Waals surface area contributed by atoms with E-state index in [-0.39, 0.29) is 23.9 Å². The van der Waals surface area contributed by atoms with Gasteiger partial charge in [-0.3, -0.25) is 9.69 Å². The van der Waals surface area contributed by atoms with Crippen molar-refractivity contribution in [3.8, 4) is 0 Å². The summed E-state index contributed by atoms with van der Waals surface area (Å²) in [6.07, 6.45) is -0.252. The molecule has 132 valence electrons. The van der Waals surface area contributed by atoms with Crippen LogP contribution in [0, 0.1) is 5.82 Å². The summed E-state index contributed by atoms with van der Waals surface area (Å²) < 4.78 is 19.2. The van der Waals surface area contributed by atoms with Crippen LogP contribution < -0.4 is 0 Å². The molecular formula is C18H26FN3O2. The Balaban J connectivity index is 1.62. The number of carbonyl (C=O) groups excluding carboxylic acids is 1. The fourth-order valence-corrected chi connectivity index (χ4v) is 3.39. The largest absolute Gasteiger partial charge is 0.370 e. The minimum Gasteiger partial charge on any atom is -0.370 e. The van der Waals surface area contributed by atoms with Crippen molar-refractivity contribution in [3.05, 3.63) is 35.6 Å². The molecule has 0 aliphatic carbocycles. The highest BCUT2D eigenvalue weighted by molar-refractivity contribution is 5.81. The van der Waals surface area contributed by atoms with Gasteiger partial charge in [0.25, 0.3) is 0 Å². The summed E-state index contributed by atoms with van der Waals surface area (Å²) in [5, 5.41) is 0. The second kappa shape index (κ2) is 7.59. The highest BCUT2D eigenvalue weighted by Crippen LogP contribution is 2.23. The molecule has 6 heteroatoms. The summed E-state index contributed by atoms with van der Waals surface area (Å²) in [6.45, 7) is 7.38. The zero-order valence-electron chi connectivity index (χ0n) is 14.4. The first-order valence-electron chi connectivity index (χ1n) is 8.63. The predicted molar refractivity (Wildman–Crippen MR) is 90.2 cm³/mol. The van der Waals surface area contributed by atoms with E-state index in [1.807, 2.05) is 17.9 Å². The number of benzene rings is 1. The van der Waals surface area contributed by atoms with Crippen molar-refractivity contribution in [1.82, 2.24) is 14.7 Å². The summed E-state index contributed by atoms with van der Waals surface area (Å²) in [5.41, 5.74) is 0.791. The monoisotopic (exact) mass is 335 g/mol. The zero-order valence-corrected chi connectivity index (χ0v) is 14.4. The van der Waals surface area contributed by atoms with Crippen LogP contribution in [0.4, 0.5) is 4.39 Å². The molecule has 2 fully saturated rings. The van der Waals surface area contributed by atoms with Crippen molar-refractivity contribution < 1.29 is 13.9 Å². The van der Waals surface area contributed by atoms with E-state index in [1.165, 1.54) is 12.1 Å². The fraction of sp³-hybridized carbons (Fsp3) is 0.611. The fourth-order valence-electron chi connectivity index (χ4n) is 3.39. The number of piperazine rings is 1. The highest BCUT2D eigenvalue weighted by Gasteiger charge is 2.31. The maximum Gasteiger partial charge on any atom is 0.239 e. The number of ether oxygens (including phenoxy) is 1. The first-order valence-corrected chi connectivity index (χ1v) is 8.63. The lowest BCUT2D eigenvalue weighted by Gasteiger charge is -2.40. The Bertz CT molecular complexity index is 575. The van der Waals surface area contributed by atoms with Gasteiger partial charge >= 0.3 is 0 Å². The molecule has 2 heterocycles. The lowest BCUT2D eigenvalue weighted by molar-refractivity contribution is -0.144. The third-order valence-corrected chi connectivity index (χ3v) is 5.04.